The Balaban J connectivity index is 3.10. The predicted octanol–water partition coefficient (Wildman–Crippen LogP) is 1.07. The molecule has 2 N–H and O–H groups in total. The summed E-state index contributed by atoms with van der Waals surface area (Å²) in [5, 5.41) is 10.9. The number of hydrogen-bond acceptors (Lipinski definition) is 7. The zero-order valence-electron chi connectivity index (χ0n) is 16.5. The van der Waals surface area contributed by atoms with E-state index < -0.39 is 12.6 Å². The Morgan fingerprint density at radius 2 is 1.21 bits per heavy atom. The zero-order chi connectivity index (χ0) is 20.7. The summed E-state index contributed by atoms with van der Waals surface area (Å²) in [6, 6.07) is 0. The molecule has 0 bridgehead atoms. The molecule has 0 rings (SSSR count). The highest BCUT2D eigenvalue weighted by molar-refractivity contribution is 6.17. The van der Waals surface area contributed by atoms with Gasteiger partial charge in [-0.3, -0.25) is 4.79 Å². The monoisotopic (exact) mass is 427 g/mol. The van der Waals surface area contributed by atoms with E-state index >= 15 is 0 Å². The average molecular weight is 428 g/mol. The van der Waals surface area contributed by atoms with Crippen LogP contribution in [0.2, 0.25) is 0 Å². The number of carboxylic acid groups (broad SMARTS) is 1. The number of unbranched alkanes of at least 4 members (excludes halogenated alkanes) is 3. The van der Waals surface area contributed by atoms with Gasteiger partial charge >= 0.3 is 5.97 Å². The second kappa shape index (κ2) is 22.3. The van der Waals surface area contributed by atoms with Crippen molar-refractivity contribution in [2.24, 2.45) is 0 Å². The summed E-state index contributed by atoms with van der Waals surface area (Å²) in [6.45, 7) is 3.64. The van der Waals surface area contributed by atoms with E-state index in [1.54, 1.807) is 0 Å². The molecule has 0 aromatic carbocycles. The highest BCUT2D eigenvalue weighted by Crippen LogP contribution is 2.01. The Hall–Kier alpha value is -0.970. The summed E-state index contributed by atoms with van der Waals surface area (Å²) in [5.41, 5.74) is 0. The molecule has 0 heterocycles. The Morgan fingerprint density at radius 3 is 1.79 bits per heavy atom. The van der Waals surface area contributed by atoms with E-state index in [-0.39, 0.29) is 12.5 Å². The topological polar surface area (TPSA) is 113 Å². The van der Waals surface area contributed by atoms with Crippen molar-refractivity contribution < 1.29 is 38.4 Å². The first-order chi connectivity index (χ1) is 13.7. The molecule has 0 aliphatic rings. The first kappa shape index (κ1) is 27.0. The van der Waals surface area contributed by atoms with Crippen LogP contribution in [0.25, 0.3) is 0 Å². The maximum absolute atomic E-state index is 11.3. The first-order valence-corrected chi connectivity index (χ1v) is 10.1. The molecule has 0 aromatic heterocycles. The molecule has 0 saturated heterocycles. The van der Waals surface area contributed by atoms with Crippen LogP contribution in [0.5, 0.6) is 0 Å². The molecular formula is C18H34ClNO8. The van der Waals surface area contributed by atoms with E-state index in [0.717, 1.165) is 38.2 Å². The summed E-state index contributed by atoms with van der Waals surface area (Å²) in [6.07, 6.45) is 4.43. The summed E-state index contributed by atoms with van der Waals surface area (Å²) in [5.74, 6) is -0.762. The molecule has 0 aliphatic carbocycles. The highest BCUT2D eigenvalue weighted by Gasteiger charge is 2.02. The molecule has 0 radical (unpaired) electrons. The second-order valence-corrected chi connectivity index (χ2v) is 6.17. The molecule has 10 heteroatoms. The standard InChI is InChI=1S/C18H34ClNO8/c19-5-3-1-2-4-7-24-9-11-26-13-14-27-12-10-25-8-6-20-17(21)15-28-16-18(22)23/h1-16H2,(H,20,21)(H,22,23). The Morgan fingerprint density at radius 1 is 0.679 bits per heavy atom. The van der Waals surface area contributed by atoms with E-state index in [1.807, 2.05) is 0 Å². The number of rotatable bonds is 22. The van der Waals surface area contributed by atoms with Gasteiger partial charge in [0.15, 0.2) is 0 Å². The molecule has 28 heavy (non-hydrogen) atoms. The zero-order valence-corrected chi connectivity index (χ0v) is 17.3. The first-order valence-electron chi connectivity index (χ1n) is 9.60. The molecule has 0 unspecified atom stereocenters. The molecule has 0 fully saturated rings. The fourth-order valence-corrected chi connectivity index (χ4v) is 2.15. The number of alkyl halides is 1. The summed E-state index contributed by atoms with van der Waals surface area (Å²) in [7, 11) is 0. The maximum Gasteiger partial charge on any atom is 0.329 e. The number of hydrogen-bond donors (Lipinski definition) is 2. The van der Waals surface area contributed by atoms with Gasteiger partial charge in [-0.05, 0) is 12.8 Å². The van der Waals surface area contributed by atoms with Gasteiger partial charge in [0.25, 0.3) is 0 Å². The van der Waals surface area contributed by atoms with E-state index in [1.165, 1.54) is 0 Å². The van der Waals surface area contributed by atoms with Crippen LogP contribution in [0.1, 0.15) is 25.7 Å². The lowest BCUT2D eigenvalue weighted by molar-refractivity contribution is -0.143. The van der Waals surface area contributed by atoms with E-state index in [0.29, 0.717) is 52.8 Å². The van der Waals surface area contributed by atoms with Crippen LogP contribution in [0.15, 0.2) is 0 Å². The lowest BCUT2D eigenvalue weighted by Crippen LogP contribution is -2.31. The second-order valence-electron chi connectivity index (χ2n) is 5.79. The van der Waals surface area contributed by atoms with Crippen LogP contribution in [0, 0.1) is 0 Å². The smallest absolute Gasteiger partial charge is 0.329 e. The van der Waals surface area contributed by atoms with Gasteiger partial charge in [-0.2, -0.15) is 0 Å². The number of aliphatic carboxylic acids is 1. The molecule has 0 saturated carbocycles. The van der Waals surface area contributed by atoms with Crippen molar-refractivity contribution in [3.05, 3.63) is 0 Å². The lowest BCUT2D eigenvalue weighted by atomic mass is 10.2. The van der Waals surface area contributed by atoms with Gasteiger partial charge in [-0.1, -0.05) is 12.8 Å². The van der Waals surface area contributed by atoms with Crippen molar-refractivity contribution >= 4 is 23.5 Å². The van der Waals surface area contributed by atoms with Crippen molar-refractivity contribution in [2.45, 2.75) is 25.7 Å². The number of halogens is 1. The quantitative estimate of drug-likeness (QED) is 0.195. The number of carbonyl (C=O) groups excluding carboxylic acids is 1. The number of carboxylic acids is 1. The minimum atomic E-state index is -1.11. The van der Waals surface area contributed by atoms with Crippen LogP contribution in [0.3, 0.4) is 0 Å². The van der Waals surface area contributed by atoms with Gasteiger partial charge in [0.1, 0.15) is 13.2 Å². The normalized spacial score (nSPS) is 10.9. The number of nitrogens with one attached hydrogen (secondary N) is 1. The molecule has 0 aromatic rings. The SMILES string of the molecule is O=C(O)COCC(=O)NCCOCCOCCOCCOCCCCCCCl. The Labute approximate surface area is 171 Å². The Bertz CT molecular complexity index is 373. The van der Waals surface area contributed by atoms with Crippen molar-refractivity contribution in [3.8, 4) is 0 Å². The summed E-state index contributed by atoms with van der Waals surface area (Å²) < 4.78 is 26.1. The molecule has 0 aliphatic heterocycles. The minimum Gasteiger partial charge on any atom is -0.480 e. The van der Waals surface area contributed by atoms with Crippen molar-refractivity contribution in [1.82, 2.24) is 5.32 Å². The van der Waals surface area contributed by atoms with Crippen molar-refractivity contribution in [1.29, 1.82) is 0 Å². The molecule has 1 amide bonds. The van der Waals surface area contributed by atoms with E-state index in [2.05, 4.69) is 10.1 Å². The van der Waals surface area contributed by atoms with Crippen LogP contribution in [-0.4, -0.2) is 95.5 Å². The lowest BCUT2D eigenvalue weighted by Gasteiger charge is -2.08. The molecule has 9 nitrogen and oxygen atoms in total. The van der Waals surface area contributed by atoms with Crippen molar-refractivity contribution in [2.75, 3.05) is 78.5 Å². The molecule has 0 spiro atoms. The third kappa shape index (κ3) is 23.1. The van der Waals surface area contributed by atoms with Crippen LogP contribution in [0.4, 0.5) is 0 Å². The molecule has 0 atom stereocenters. The fourth-order valence-electron chi connectivity index (χ4n) is 1.96. The molecular weight excluding hydrogens is 394 g/mol. The summed E-state index contributed by atoms with van der Waals surface area (Å²) >= 11 is 5.61. The number of ether oxygens (including phenoxy) is 5. The van der Waals surface area contributed by atoms with Crippen LogP contribution in [-0.2, 0) is 33.3 Å². The van der Waals surface area contributed by atoms with Crippen molar-refractivity contribution in [3.63, 3.8) is 0 Å². The maximum atomic E-state index is 11.3. The average Bonchev–Trinajstić information content (AvgIpc) is 2.66. The van der Waals surface area contributed by atoms with Gasteiger partial charge in [0, 0.05) is 19.0 Å². The van der Waals surface area contributed by atoms with E-state index in [4.69, 9.17) is 35.7 Å². The predicted molar refractivity (Wildman–Crippen MR) is 104 cm³/mol. The minimum absolute atomic E-state index is 0.283. The van der Waals surface area contributed by atoms with Crippen LogP contribution < -0.4 is 5.32 Å². The van der Waals surface area contributed by atoms with Crippen LogP contribution >= 0.6 is 11.6 Å². The summed E-state index contributed by atoms with van der Waals surface area (Å²) in [4.78, 5) is 21.5. The van der Waals surface area contributed by atoms with Gasteiger partial charge in [-0.25, -0.2) is 4.79 Å². The van der Waals surface area contributed by atoms with E-state index in [9.17, 15) is 9.59 Å². The largest absolute Gasteiger partial charge is 0.480 e. The Kier molecular flexibility index (Phi) is 21.5. The third-order valence-corrected chi connectivity index (χ3v) is 3.58. The third-order valence-electron chi connectivity index (χ3n) is 3.32. The van der Waals surface area contributed by atoms with Gasteiger partial charge in [0.05, 0.1) is 46.2 Å². The number of amides is 1. The fraction of sp³-hybridized carbons (Fsp3) is 0.889. The number of carbonyl (C=O) groups is 2. The van der Waals surface area contributed by atoms with Gasteiger partial charge in [-0.15, -0.1) is 11.6 Å². The molecule has 166 valence electrons. The van der Waals surface area contributed by atoms with Gasteiger partial charge < -0.3 is 34.1 Å². The van der Waals surface area contributed by atoms with Gasteiger partial charge in [0.2, 0.25) is 5.91 Å². The highest BCUT2D eigenvalue weighted by atomic mass is 35.5.